The Bertz CT molecular complexity index is 1390. The van der Waals surface area contributed by atoms with Crippen LogP contribution in [0.1, 0.15) is 41.3 Å². The van der Waals surface area contributed by atoms with E-state index in [-0.39, 0.29) is 12.2 Å². The average Bonchev–Trinajstić information content (AvgIpc) is 3.15. The fraction of sp³-hybridized carbons (Fsp3) is 0.240. The van der Waals surface area contributed by atoms with Crippen molar-refractivity contribution in [2.45, 2.75) is 33.3 Å². The Kier molecular flexibility index (Phi) is 5.66. The minimum atomic E-state index is -1.04. The second kappa shape index (κ2) is 8.45. The van der Waals surface area contributed by atoms with Gasteiger partial charge in [0.2, 0.25) is 0 Å². The number of rotatable bonds is 5. The molecule has 2 N–H and O–H groups in total. The number of amides is 1. The monoisotopic (exact) mass is 440 g/mol. The number of nitrogens with zero attached hydrogens (tertiary/aromatic N) is 5. The predicted molar refractivity (Wildman–Crippen MR) is 124 cm³/mol. The van der Waals surface area contributed by atoms with E-state index >= 15 is 0 Å². The molecular weight excluding hydrogens is 416 g/mol. The molecule has 1 aromatic carbocycles. The summed E-state index contributed by atoms with van der Waals surface area (Å²) in [5, 5.41) is 26.6. The van der Waals surface area contributed by atoms with Crippen LogP contribution in [-0.4, -0.2) is 42.7 Å². The van der Waals surface area contributed by atoms with Gasteiger partial charge in [-0.2, -0.15) is 10.4 Å². The minimum Gasteiger partial charge on any atom is -0.389 e. The first-order valence-corrected chi connectivity index (χ1v) is 10.5. The molecule has 166 valence electrons. The summed E-state index contributed by atoms with van der Waals surface area (Å²) in [5.41, 5.74) is 4.92. The van der Waals surface area contributed by atoms with Crippen LogP contribution >= 0.6 is 0 Å². The number of aromatic nitrogens is 4. The van der Waals surface area contributed by atoms with E-state index in [1.165, 1.54) is 0 Å². The van der Waals surface area contributed by atoms with E-state index in [0.717, 1.165) is 22.5 Å². The molecule has 4 rings (SSSR count). The number of hydrogen-bond donors (Lipinski definition) is 2. The van der Waals surface area contributed by atoms with Gasteiger partial charge in [-0.25, -0.2) is 9.50 Å². The third-order valence-electron chi connectivity index (χ3n) is 5.01. The molecule has 0 atom stereocenters. The van der Waals surface area contributed by atoms with Gasteiger partial charge in [0.1, 0.15) is 11.4 Å². The number of aryl methyl sites for hydroxylation is 2. The van der Waals surface area contributed by atoms with Gasteiger partial charge < -0.3 is 10.4 Å². The molecule has 0 aliphatic carbocycles. The van der Waals surface area contributed by atoms with Crippen LogP contribution in [0.3, 0.4) is 0 Å². The molecule has 0 bridgehead atoms. The predicted octanol–water partition coefficient (Wildman–Crippen LogP) is 3.45. The van der Waals surface area contributed by atoms with Gasteiger partial charge in [-0.1, -0.05) is 12.1 Å². The summed E-state index contributed by atoms with van der Waals surface area (Å²) in [5.74, 6) is -0.395. The van der Waals surface area contributed by atoms with Gasteiger partial charge in [-0.15, -0.1) is 0 Å². The Balaban J connectivity index is 1.92. The Morgan fingerprint density at radius 2 is 1.82 bits per heavy atom. The number of hydrogen-bond acceptors (Lipinski definition) is 6. The van der Waals surface area contributed by atoms with Gasteiger partial charge in [0.05, 0.1) is 22.9 Å². The van der Waals surface area contributed by atoms with Crippen molar-refractivity contribution in [1.82, 2.24) is 24.9 Å². The van der Waals surface area contributed by atoms with Crippen LogP contribution in [0.15, 0.2) is 48.5 Å². The highest BCUT2D eigenvalue weighted by molar-refractivity contribution is 5.92. The summed E-state index contributed by atoms with van der Waals surface area (Å²) < 4.78 is 1.64. The lowest BCUT2D eigenvalue weighted by Gasteiger charge is -2.17. The standard InChI is InChI=1S/C25H24N6O2/c1-15-10-19(11-16(2)28-15)23-22(18-7-5-6-17(12-18)13-26)29-21-9-8-20(30-31(21)23)24(32)27-14-25(3,4)33/h5-12,33H,14H2,1-4H3,(H,27,32). The third kappa shape index (κ3) is 4.73. The highest BCUT2D eigenvalue weighted by Gasteiger charge is 2.21. The number of carbonyl (C=O) groups excluding carboxylic acids is 1. The normalized spacial score (nSPS) is 11.4. The van der Waals surface area contributed by atoms with Crippen LogP contribution in [0.25, 0.3) is 28.2 Å². The average molecular weight is 441 g/mol. The number of aliphatic hydroxyl groups is 1. The van der Waals surface area contributed by atoms with Crippen molar-refractivity contribution in [2.24, 2.45) is 0 Å². The molecule has 0 radical (unpaired) electrons. The van der Waals surface area contributed by atoms with E-state index in [2.05, 4.69) is 21.5 Å². The largest absolute Gasteiger partial charge is 0.389 e. The van der Waals surface area contributed by atoms with E-state index in [1.54, 1.807) is 42.6 Å². The van der Waals surface area contributed by atoms with Crippen molar-refractivity contribution >= 4 is 11.6 Å². The van der Waals surface area contributed by atoms with Gasteiger partial charge in [0.15, 0.2) is 5.65 Å². The first kappa shape index (κ1) is 22.1. The Hall–Kier alpha value is -4.09. The zero-order chi connectivity index (χ0) is 23.8. The number of fused-ring (bicyclic) bond motifs is 1. The lowest BCUT2D eigenvalue weighted by Crippen LogP contribution is -2.38. The lowest BCUT2D eigenvalue weighted by molar-refractivity contribution is 0.0691. The van der Waals surface area contributed by atoms with E-state index in [4.69, 9.17) is 4.98 Å². The van der Waals surface area contributed by atoms with Crippen LogP contribution in [0, 0.1) is 25.2 Å². The first-order chi connectivity index (χ1) is 15.6. The highest BCUT2D eigenvalue weighted by Crippen LogP contribution is 2.33. The zero-order valence-electron chi connectivity index (χ0n) is 18.9. The number of pyridine rings is 1. The molecule has 3 heterocycles. The molecule has 33 heavy (non-hydrogen) atoms. The molecule has 0 aliphatic rings. The number of nitrogens with one attached hydrogen (secondary N) is 1. The summed E-state index contributed by atoms with van der Waals surface area (Å²) in [7, 11) is 0. The number of imidazole rings is 1. The third-order valence-corrected chi connectivity index (χ3v) is 5.01. The molecular formula is C25H24N6O2. The van der Waals surface area contributed by atoms with Gasteiger partial charge >= 0.3 is 0 Å². The molecule has 8 nitrogen and oxygen atoms in total. The second-order valence-electron chi connectivity index (χ2n) is 8.62. The van der Waals surface area contributed by atoms with E-state index in [1.807, 2.05) is 38.1 Å². The van der Waals surface area contributed by atoms with Crippen LogP contribution in [0.2, 0.25) is 0 Å². The van der Waals surface area contributed by atoms with Gasteiger partial charge in [0.25, 0.3) is 5.91 Å². The van der Waals surface area contributed by atoms with Crippen LogP contribution < -0.4 is 5.32 Å². The number of carbonyl (C=O) groups is 1. The Labute approximate surface area is 191 Å². The first-order valence-electron chi connectivity index (χ1n) is 10.5. The van der Waals surface area contributed by atoms with Crippen molar-refractivity contribution in [3.05, 3.63) is 71.2 Å². The molecule has 8 heteroatoms. The summed E-state index contributed by atoms with van der Waals surface area (Å²) in [6.45, 7) is 7.16. The Morgan fingerprint density at radius 3 is 2.48 bits per heavy atom. The minimum absolute atomic E-state index is 0.0945. The number of benzene rings is 1. The molecule has 4 aromatic rings. The summed E-state index contributed by atoms with van der Waals surface area (Å²) in [6, 6.07) is 16.6. The fourth-order valence-corrected chi connectivity index (χ4v) is 3.61. The molecule has 0 aliphatic heterocycles. The summed E-state index contributed by atoms with van der Waals surface area (Å²) >= 11 is 0. The maximum absolute atomic E-state index is 12.7. The van der Waals surface area contributed by atoms with Crippen molar-refractivity contribution < 1.29 is 9.90 Å². The van der Waals surface area contributed by atoms with Gasteiger partial charge in [-0.3, -0.25) is 9.78 Å². The lowest BCUT2D eigenvalue weighted by atomic mass is 10.0. The zero-order valence-corrected chi connectivity index (χ0v) is 18.9. The maximum atomic E-state index is 12.7. The smallest absolute Gasteiger partial charge is 0.271 e. The Morgan fingerprint density at radius 1 is 1.09 bits per heavy atom. The topological polar surface area (TPSA) is 116 Å². The van der Waals surface area contributed by atoms with Crippen LogP contribution in [-0.2, 0) is 0 Å². The molecule has 3 aromatic heterocycles. The van der Waals surface area contributed by atoms with Crippen molar-refractivity contribution in [1.29, 1.82) is 5.26 Å². The molecule has 0 fully saturated rings. The van der Waals surface area contributed by atoms with Gasteiger partial charge in [-0.05, 0) is 64.1 Å². The molecule has 0 saturated carbocycles. The highest BCUT2D eigenvalue weighted by atomic mass is 16.3. The van der Waals surface area contributed by atoms with E-state index in [0.29, 0.717) is 22.6 Å². The van der Waals surface area contributed by atoms with Crippen molar-refractivity contribution in [3.8, 4) is 28.6 Å². The maximum Gasteiger partial charge on any atom is 0.271 e. The fourth-order valence-electron chi connectivity index (χ4n) is 3.61. The van der Waals surface area contributed by atoms with Crippen molar-refractivity contribution in [3.63, 3.8) is 0 Å². The van der Waals surface area contributed by atoms with E-state index < -0.39 is 11.5 Å². The summed E-state index contributed by atoms with van der Waals surface area (Å²) in [4.78, 5) is 21.9. The van der Waals surface area contributed by atoms with Crippen molar-refractivity contribution in [2.75, 3.05) is 6.54 Å². The SMILES string of the molecule is Cc1cc(-c2c(-c3cccc(C#N)c3)nc3ccc(C(=O)NCC(C)(C)O)nn23)cc(C)n1. The summed E-state index contributed by atoms with van der Waals surface area (Å²) in [6.07, 6.45) is 0. The van der Waals surface area contributed by atoms with Gasteiger partial charge in [0, 0.05) is 29.1 Å². The van der Waals surface area contributed by atoms with Crippen LogP contribution in [0.5, 0.6) is 0 Å². The van der Waals surface area contributed by atoms with E-state index in [9.17, 15) is 15.2 Å². The second-order valence-corrected chi connectivity index (χ2v) is 8.62. The molecule has 0 spiro atoms. The van der Waals surface area contributed by atoms with Crippen LogP contribution in [0.4, 0.5) is 0 Å². The quantitative estimate of drug-likeness (QED) is 0.491. The molecule has 0 unspecified atom stereocenters. The number of nitriles is 1. The molecule has 1 amide bonds. The molecule has 0 saturated heterocycles.